The second-order valence-electron chi connectivity index (χ2n) is 5.67. The molecule has 0 aliphatic rings. The van der Waals surface area contributed by atoms with Crippen LogP contribution in [0.15, 0.2) is 11.5 Å². The van der Waals surface area contributed by atoms with Gasteiger partial charge in [0.15, 0.2) is 0 Å². The van der Waals surface area contributed by atoms with Crippen LogP contribution in [-0.4, -0.2) is 21.4 Å². The number of thiocarbonyl (C=S) groups is 1. The van der Waals surface area contributed by atoms with E-state index in [1.54, 1.807) is 41.5 Å². The molecule has 0 fully saturated rings. The number of hydrogen-bond donors (Lipinski definition) is 0. The molecule has 0 unspecified atom stereocenters. The topological polar surface area (TPSA) is 58.6 Å². The Kier molecular flexibility index (Phi) is 13.0. The second-order valence-corrected chi connectivity index (χ2v) is 6.74. The average Bonchev–Trinajstić information content (AvgIpc) is 1.93. The van der Waals surface area contributed by atoms with E-state index < -0.39 is 28.7 Å². The summed E-state index contributed by atoms with van der Waals surface area (Å²) in [7, 11) is 0. The van der Waals surface area contributed by atoms with Gasteiger partial charge in [0.1, 0.15) is 5.60 Å². The van der Waals surface area contributed by atoms with Crippen LogP contribution in [0.3, 0.4) is 0 Å². The maximum atomic E-state index is 11.8. The molecule has 0 aromatic carbocycles. The first-order valence-electron chi connectivity index (χ1n) is 5.38. The van der Waals surface area contributed by atoms with Crippen LogP contribution in [-0.2, 0) is 26.9 Å². The summed E-state index contributed by atoms with van der Waals surface area (Å²) in [5.41, 5.74) is -1.86. The predicted octanol–water partition coefficient (Wildman–Crippen LogP) is -4.40. The summed E-state index contributed by atoms with van der Waals surface area (Å²) >= 11 is 9.45. The van der Waals surface area contributed by atoms with Crippen molar-refractivity contribution in [2.75, 3.05) is 0 Å². The third-order valence-corrected chi connectivity index (χ3v) is 1.82. The van der Waals surface area contributed by atoms with Gasteiger partial charge >= 0.3 is 65.1 Å². The Hall–Kier alpha value is 1.12. The summed E-state index contributed by atoms with van der Waals surface area (Å²) in [5, 5.41) is 11.8. The normalized spacial score (nSPS) is 12.3. The van der Waals surface area contributed by atoms with Crippen molar-refractivity contribution in [3.8, 4) is 0 Å². The fraction of sp³-hybridized carbons (Fsp3) is 0.667. The van der Waals surface area contributed by atoms with Crippen molar-refractivity contribution in [1.82, 2.24) is 0 Å². The second kappa shape index (κ2) is 10.0. The zero-order valence-corrected chi connectivity index (χ0v) is 19.1. The molecule has 0 aromatic heterocycles. The van der Waals surface area contributed by atoms with Gasteiger partial charge in [-0.1, -0.05) is 20.8 Å². The summed E-state index contributed by atoms with van der Waals surface area (Å²) in [4.78, 5) is 11.8. The van der Waals surface area contributed by atoms with E-state index in [4.69, 9.17) is 34.3 Å². The molecule has 8 heteroatoms. The van der Waals surface area contributed by atoms with E-state index in [1.807, 2.05) is 0 Å². The number of ether oxygens (including phenoxy) is 2. The van der Waals surface area contributed by atoms with Gasteiger partial charge in [0, 0.05) is 5.60 Å². The van der Waals surface area contributed by atoms with E-state index in [9.17, 15) is 9.90 Å². The standard InChI is InChI=1S/C12H20O4S2.2Na/c1-11(2,3)15-8(13)7(10(17)18)9(14)16-12(4,5)6;;/h13H,1-6H3,(H,17,18);;/q;2*+1/p-2. The largest absolute Gasteiger partial charge is 1.00 e. The van der Waals surface area contributed by atoms with Crippen LogP contribution in [0.25, 0.3) is 0 Å². The van der Waals surface area contributed by atoms with Crippen LogP contribution in [0.5, 0.6) is 0 Å². The summed E-state index contributed by atoms with van der Waals surface area (Å²) < 4.78 is 9.88. The molecule has 0 spiro atoms. The molecule has 20 heavy (non-hydrogen) atoms. The van der Waals surface area contributed by atoms with Crippen LogP contribution in [0, 0.1) is 0 Å². The fourth-order valence-electron chi connectivity index (χ4n) is 0.908. The van der Waals surface area contributed by atoms with Gasteiger partial charge < -0.3 is 39.4 Å². The van der Waals surface area contributed by atoms with Gasteiger partial charge in [-0.2, -0.15) is 0 Å². The SMILES string of the molecule is CC(C)(C)OC(=O)C(C(=S)[S-])=C([O-])OC(C)(C)C.[Na+].[Na+]. The first-order chi connectivity index (χ1) is 7.83. The monoisotopic (exact) mass is 336 g/mol. The molecule has 0 saturated heterocycles. The Morgan fingerprint density at radius 1 is 1.00 bits per heavy atom. The molecule has 0 aromatic rings. The van der Waals surface area contributed by atoms with Gasteiger partial charge in [-0.25, -0.2) is 4.79 Å². The van der Waals surface area contributed by atoms with Crippen LogP contribution in [0.2, 0.25) is 0 Å². The minimum atomic E-state index is -0.850. The first kappa shape index (κ1) is 26.0. The van der Waals surface area contributed by atoms with E-state index in [0.29, 0.717) is 0 Å². The summed E-state index contributed by atoms with van der Waals surface area (Å²) in [6, 6.07) is 0. The van der Waals surface area contributed by atoms with Crippen molar-refractivity contribution < 1.29 is 78.5 Å². The van der Waals surface area contributed by atoms with E-state index in [-0.39, 0.29) is 63.3 Å². The summed E-state index contributed by atoms with van der Waals surface area (Å²) in [6.07, 6.45) is 0. The zero-order valence-electron chi connectivity index (χ0n) is 13.4. The van der Waals surface area contributed by atoms with Crippen molar-refractivity contribution in [1.29, 1.82) is 0 Å². The van der Waals surface area contributed by atoms with Crippen LogP contribution >= 0.6 is 12.2 Å². The van der Waals surface area contributed by atoms with Gasteiger partial charge in [0.05, 0.1) is 11.5 Å². The van der Waals surface area contributed by atoms with Crippen LogP contribution < -0.4 is 64.2 Å². The molecule has 104 valence electrons. The minimum absolute atomic E-state index is 0. The molecule has 0 bridgehead atoms. The van der Waals surface area contributed by atoms with Crippen molar-refractivity contribution in [3.05, 3.63) is 11.5 Å². The molecule has 0 aliphatic carbocycles. The number of hydrogen-bond acceptors (Lipinski definition) is 6. The van der Waals surface area contributed by atoms with Crippen molar-refractivity contribution in [2.45, 2.75) is 52.7 Å². The number of rotatable bonds is 3. The Bertz CT molecular complexity index is 382. The molecule has 0 radical (unpaired) electrons. The molecule has 0 atom stereocenters. The minimum Gasteiger partial charge on any atom is -0.607 e. The fourth-order valence-corrected chi connectivity index (χ4v) is 1.24. The van der Waals surface area contributed by atoms with E-state index >= 15 is 0 Å². The van der Waals surface area contributed by atoms with Crippen molar-refractivity contribution in [3.63, 3.8) is 0 Å². The molecule has 0 aliphatic heterocycles. The molecule has 0 saturated carbocycles. The number of esters is 1. The number of carbonyl (C=O) groups is 1. The molecular weight excluding hydrogens is 318 g/mol. The first-order valence-corrected chi connectivity index (χ1v) is 6.20. The Morgan fingerprint density at radius 3 is 1.60 bits per heavy atom. The number of carbonyl (C=O) groups excluding carboxylic acids is 1. The summed E-state index contributed by atoms with van der Waals surface area (Å²) in [6.45, 7) is 10.1. The van der Waals surface area contributed by atoms with Gasteiger partial charge in [0.25, 0.3) is 0 Å². The third kappa shape index (κ3) is 11.7. The van der Waals surface area contributed by atoms with E-state index in [2.05, 4.69) is 0 Å². The zero-order chi connectivity index (χ0) is 14.7. The summed E-state index contributed by atoms with van der Waals surface area (Å²) in [5.74, 6) is -1.70. The maximum Gasteiger partial charge on any atom is 1.00 e. The Morgan fingerprint density at radius 2 is 1.35 bits per heavy atom. The molecule has 4 nitrogen and oxygen atoms in total. The smallest absolute Gasteiger partial charge is 0.607 e. The van der Waals surface area contributed by atoms with Crippen molar-refractivity contribution in [2.24, 2.45) is 0 Å². The molecule has 0 rings (SSSR count). The van der Waals surface area contributed by atoms with Gasteiger partial charge in [-0.15, -0.1) is 4.20 Å². The third-order valence-electron chi connectivity index (χ3n) is 1.41. The van der Waals surface area contributed by atoms with Gasteiger partial charge in [-0.3, -0.25) is 0 Å². The quantitative estimate of drug-likeness (QED) is 0.130. The molecule has 0 N–H and O–H groups in total. The van der Waals surface area contributed by atoms with Crippen LogP contribution in [0.1, 0.15) is 41.5 Å². The molecule has 0 amide bonds. The van der Waals surface area contributed by atoms with E-state index in [0.717, 1.165) is 0 Å². The van der Waals surface area contributed by atoms with E-state index in [1.165, 1.54) is 0 Å². The predicted molar refractivity (Wildman–Crippen MR) is 73.7 cm³/mol. The van der Waals surface area contributed by atoms with Crippen LogP contribution in [0.4, 0.5) is 0 Å². The Balaban J connectivity index is -0.00000144. The van der Waals surface area contributed by atoms with Gasteiger partial charge in [0.2, 0.25) is 0 Å². The molecule has 0 heterocycles. The average molecular weight is 336 g/mol. The Labute approximate surface area is 176 Å². The van der Waals surface area contributed by atoms with Crippen molar-refractivity contribution >= 4 is 35.0 Å². The maximum absolute atomic E-state index is 11.8. The van der Waals surface area contributed by atoms with Gasteiger partial charge in [-0.05, 0) is 20.8 Å². The molecular formula is C12H18Na2O4S2.